The predicted molar refractivity (Wildman–Crippen MR) is 110 cm³/mol. The number of aliphatic hydroxyl groups excluding tert-OH is 1. The number of halogens is 3. The van der Waals surface area contributed by atoms with Crippen LogP contribution in [0.15, 0.2) is 34.9 Å². The Labute approximate surface area is 183 Å². The maximum absolute atomic E-state index is 13.3. The lowest BCUT2D eigenvalue weighted by Crippen LogP contribution is -2.45. The maximum Gasteiger partial charge on any atom is 0.417 e. The van der Waals surface area contributed by atoms with E-state index in [1.54, 1.807) is 30.0 Å². The Bertz CT molecular complexity index is 1050. The van der Waals surface area contributed by atoms with E-state index in [-0.39, 0.29) is 23.8 Å². The van der Waals surface area contributed by atoms with Crippen LogP contribution in [0.25, 0.3) is 0 Å². The summed E-state index contributed by atoms with van der Waals surface area (Å²) in [4.78, 5) is 16.6. The highest BCUT2D eigenvalue weighted by atomic mass is 19.4. The number of piperidine rings is 1. The zero-order chi connectivity index (χ0) is 23.1. The minimum atomic E-state index is -4.60. The van der Waals surface area contributed by atoms with E-state index in [2.05, 4.69) is 0 Å². The molecule has 4 rings (SSSR count). The van der Waals surface area contributed by atoms with Crippen molar-refractivity contribution in [3.8, 4) is 6.07 Å². The number of amides is 1. The van der Waals surface area contributed by atoms with Crippen molar-refractivity contribution in [3.05, 3.63) is 53.0 Å². The first-order valence-corrected chi connectivity index (χ1v) is 10.5. The van der Waals surface area contributed by atoms with Crippen LogP contribution in [0.2, 0.25) is 0 Å². The third-order valence-corrected chi connectivity index (χ3v) is 6.96. The zero-order valence-corrected chi connectivity index (χ0v) is 17.7. The first kappa shape index (κ1) is 22.2. The lowest BCUT2D eigenvalue weighted by Gasteiger charge is -2.43. The number of furan rings is 1. The Morgan fingerprint density at radius 1 is 1.31 bits per heavy atom. The van der Waals surface area contributed by atoms with Crippen LogP contribution in [-0.2, 0) is 6.18 Å². The number of nitriles is 1. The minimum absolute atomic E-state index is 0.0523. The number of aryl methyl sites for hydroxylation is 1. The third kappa shape index (κ3) is 3.84. The summed E-state index contributed by atoms with van der Waals surface area (Å²) in [5.74, 6) is 0.330. The lowest BCUT2D eigenvalue weighted by molar-refractivity contribution is -0.137. The molecule has 0 radical (unpaired) electrons. The number of carbonyl (C=O) groups is 1. The van der Waals surface area contributed by atoms with Crippen LogP contribution in [0.4, 0.5) is 18.9 Å². The highest BCUT2D eigenvalue weighted by Crippen LogP contribution is 2.46. The Hall–Kier alpha value is -2.99. The van der Waals surface area contributed by atoms with Crippen LogP contribution in [0, 0.1) is 29.6 Å². The first-order chi connectivity index (χ1) is 15.2. The molecule has 2 aliphatic heterocycles. The van der Waals surface area contributed by atoms with E-state index in [9.17, 15) is 23.1 Å². The van der Waals surface area contributed by atoms with Gasteiger partial charge < -0.3 is 19.3 Å². The summed E-state index contributed by atoms with van der Waals surface area (Å²) in [5.41, 5.74) is -0.674. The smallest absolute Gasteiger partial charge is 0.417 e. The van der Waals surface area contributed by atoms with E-state index in [0.29, 0.717) is 56.0 Å². The minimum Gasteiger partial charge on any atom is -0.469 e. The number of alkyl halides is 3. The third-order valence-electron chi connectivity index (χ3n) is 6.96. The molecule has 170 valence electrons. The summed E-state index contributed by atoms with van der Waals surface area (Å²) in [6.07, 6.45) is -1.83. The van der Waals surface area contributed by atoms with E-state index in [1.165, 1.54) is 12.3 Å². The van der Waals surface area contributed by atoms with Crippen molar-refractivity contribution in [2.45, 2.75) is 25.9 Å². The molecule has 2 saturated heterocycles. The number of hydrogen-bond acceptors (Lipinski definition) is 5. The Balaban J connectivity index is 1.51. The van der Waals surface area contributed by atoms with E-state index in [0.717, 1.165) is 6.07 Å². The van der Waals surface area contributed by atoms with E-state index >= 15 is 0 Å². The zero-order valence-electron chi connectivity index (χ0n) is 17.7. The number of aliphatic hydroxyl groups is 1. The van der Waals surface area contributed by atoms with Crippen molar-refractivity contribution < 1.29 is 27.5 Å². The van der Waals surface area contributed by atoms with Gasteiger partial charge in [-0.1, -0.05) is 0 Å². The van der Waals surface area contributed by atoms with Crippen molar-refractivity contribution in [2.75, 3.05) is 37.7 Å². The van der Waals surface area contributed by atoms with Gasteiger partial charge in [-0.2, -0.15) is 18.4 Å². The van der Waals surface area contributed by atoms with Gasteiger partial charge in [0.05, 0.1) is 29.0 Å². The summed E-state index contributed by atoms with van der Waals surface area (Å²) in [6.45, 7) is 3.63. The van der Waals surface area contributed by atoms with Gasteiger partial charge in [0.2, 0.25) is 0 Å². The predicted octanol–water partition coefficient (Wildman–Crippen LogP) is 3.83. The molecule has 0 saturated carbocycles. The highest BCUT2D eigenvalue weighted by molar-refractivity contribution is 5.95. The molecule has 1 unspecified atom stereocenters. The fourth-order valence-corrected chi connectivity index (χ4v) is 5.05. The number of anilines is 1. The van der Waals surface area contributed by atoms with Gasteiger partial charge in [-0.3, -0.25) is 4.79 Å². The van der Waals surface area contributed by atoms with Crippen LogP contribution >= 0.6 is 0 Å². The van der Waals surface area contributed by atoms with Crippen LogP contribution in [0.5, 0.6) is 0 Å². The van der Waals surface area contributed by atoms with E-state index in [4.69, 9.17) is 9.68 Å². The van der Waals surface area contributed by atoms with Gasteiger partial charge in [0.1, 0.15) is 5.76 Å². The molecule has 1 spiro atoms. The summed E-state index contributed by atoms with van der Waals surface area (Å²) in [7, 11) is 0. The number of nitrogens with zero attached hydrogens (tertiary/aromatic N) is 3. The molecule has 1 aromatic heterocycles. The molecule has 2 aliphatic rings. The van der Waals surface area contributed by atoms with Gasteiger partial charge in [0.15, 0.2) is 0 Å². The fourth-order valence-electron chi connectivity index (χ4n) is 5.05. The molecule has 9 heteroatoms. The number of carbonyl (C=O) groups excluding carboxylic acids is 1. The van der Waals surface area contributed by atoms with Crippen molar-refractivity contribution in [1.82, 2.24) is 4.90 Å². The molecule has 1 atom stereocenters. The summed E-state index contributed by atoms with van der Waals surface area (Å²) in [5, 5.41) is 19.0. The van der Waals surface area contributed by atoms with Crippen molar-refractivity contribution in [2.24, 2.45) is 11.3 Å². The van der Waals surface area contributed by atoms with Crippen LogP contribution in [-0.4, -0.2) is 48.7 Å². The van der Waals surface area contributed by atoms with Crippen LogP contribution < -0.4 is 4.90 Å². The molecule has 3 heterocycles. The molecule has 2 aromatic rings. The number of hydrogen-bond donors (Lipinski definition) is 1. The maximum atomic E-state index is 13.3. The standard InChI is InChI=1S/C23H24F3N3O3/c1-15-19(4-9-32-15)21(31)29-12-17(13-30)22(14-29)5-7-28(8-6-22)18-3-2-16(11-27)20(10-18)23(24,25)26/h2-4,9-10,17,30H,5-8,12-14H2,1H3. The average molecular weight is 447 g/mol. The lowest BCUT2D eigenvalue weighted by atomic mass is 9.71. The highest BCUT2D eigenvalue weighted by Gasteiger charge is 2.49. The second-order valence-corrected chi connectivity index (χ2v) is 8.64. The quantitative estimate of drug-likeness (QED) is 0.774. The molecule has 1 amide bonds. The fraction of sp³-hybridized carbons (Fsp3) is 0.478. The summed E-state index contributed by atoms with van der Waals surface area (Å²) < 4.78 is 45.3. The molecular weight excluding hydrogens is 423 g/mol. The van der Waals surface area contributed by atoms with E-state index in [1.807, 2.05) is 4.90 Å². The largest absolute Gasteiger partial charge is 0.469 e. The molecular formula is C23H24F3N3O3. The Kier molecular flexibility index (Phi) is 5.67. The molecule has 32 heavy (non-hydrogen) atoms. The van der Waals surface area contributed by atoms with Crippen molar-refractivity contribution in [3.63, 3.8) is 0 Å². The van der Waals surface area contributed by atoms with Crippen LogP contribution in [0.3, 0.4) is 0 Å². The summed E-state index contributed by atoms with van der Waals surface area (Å²) >= 11 is 0. The Morgan fingerprint density at radius 3 is 2.59 bits per heavy atom. The average Bonchev–Trinajstić information content (AvgIpc) is 3.36. The summed E-state index contributed by atoms with van der Waals surface area (Å²) in [6, 6.07) is 7.03. The van der Waals surface area contributed by atoms with Gasteiger partial charge in [-0.05, 0) is 49.4 Å². The number of benzene rings is 1. The van der Waals surface area contributed by atoms with Crippen LogP contribution in [0.1, 0.15) is 40.1 Å². The van der Waals surface area contributed by atoms with Gasteiger partial charge in [0, 0.05) is 44.4 Å². The first-order valence-electron chi connectivity index (χ1n) is 10.5. The molecule has 6 nitrogen and oxygen atoms in total. The number of likely N-dealkylation sites (tertiary alicyclic amines) is 1. The molecule has 1 N–H and O–H groups in total. The number of rotatable bonds is 3. The van der Waals surface area contributed by atoms with E-state index < -0.39 is 17.3 Å². The van der Waals surface area contributed by atoms with Gasteiger partial charge in [-0.25, -0.2) is 0 Å². The Morgan fingerprint density at radius 2 is 2.03 bits per heavy atom. The second kappa shape index (κ2) is 8.17. The molecule has 2 fully saturated rings. The monoisotopic (exact) mass is 447 g/mol. The van der Waals surface area contributed by atoms with Crippen molar-refractivity contribution in [1.29, 1.82) is 5.26 Å². The van der Waals surface area contributed by atoms with Gasteiger partial charge in [-0.15, -0.1) is 0 Å². The molecule has 1 aromatic carbocycles. The van der Waals surface area contributed by atoms with Gasteiger partial charge >= 0.3 is 6.18 Å². The van der Waals surface area contributed by atoms with Crippen molar-refractivity contribution >= 4 is 11.6 Å². The normalized spacial score (nSPS) is 20.6. The topological polar surface area (TPSA) is 80.7 Å². The SMILES string of the molecule is Cc1occc1C(=O)N1CC(CO)C2(CCN(c3ccc(C#N)c(C(F)(F)F)c3)CC2)C1. The molecule has 0 bridgehead atoms. The molecule has 0 aliphatic carbocycles. The van der Waals surface area contributed by atoms with Gasteiger partial charge in [0.25, 0.3) is 5.91 Å². The second-order valence-electron chi connectivity index (χ2n) is 8.64.